The number of hydrogen-bond donors (Lipinski definition) is 1. The molecule has 5 nitrogen and oxygen atoms in total. The minimum atomic E-state index is -0.00238. The molecule has 0 amide bonds. The number of nitrogens with two attached hydrogens (primary N) is 1. The number of benzene rings is 1. The van der Waals surface area contributed by atoms with E-state index in [-0.39, 0.29) is 6.04 Å². The van der Waals surface area contributed by atoms with Crippen LogP contribution in [0.25, 0.3) is 0 Å². The zero-order valence-electron chi connectivity index (χ0n) is 11.6. The monoisotopic (exact) mass is 260 g/mol. The van der Waals surface area contributed by atoms with Crippen molar-refractivity contribution >= 4 is 0 Å². The largest absolute Gasteiger partial charge is 0.485 e. The number of aryl methyl sites for hydroxylation is 1. The Morgan fingerprint density at radius 2 is 2.05 bits per heavy atom. The van der Waals surface area contributed by atoms with Gasteiger partial charge in [-0.15, -0.1) is 10.2 Å². The minimum absolute atomic E-state index is 0.00238. The summed E-state index contributed by atoms with van der Waals surface area (Å²) >= 11 is 0. The summed E-state index contributed by atoms with van der Waals surface area (Å²) in [5.41, 5.74) is 7.12. The van der Waals surface area contributed by atoms with Gasteiger partial charge in [0, 0.05) is 18.7 Å². The Balaban J connectivity index is 2.13. The quantitative estimate of drug-likeness (QED) is 0.894. The summed E-state index contributed by atoms with van der Waals surface area (Å²) in [4.78, 5) is 0. The molecule has 2 aromatic rings. The van der Waals surface area contributed by atoms with Crippen LogP contribution in [-0.2, 0) is 13.7 Å². The Bertz CT molecular complexity index is 550. The molecule has 0 radical (unpaired) electrons. The molecule has 1 aromatic heterocycles. The van der Waals surface area contributed by atoms with E-state index in [1.165, 1.54) is 0 Å². The molecule has 1 aromatic carbocycles. The fourth-order valence-electron chi connectivity index (χ4n) is 1.86. The standard InChI is InChI=1S/C14H20N4O/c1-4-12(15)11-7-5-6-8-13(11)19-9-14-17-16-10(2)18(14)3/h5-8,12H,4,9,15H2,1-3H3/t12-/m0/s1. The van der Waals surface area contributed by atoms with Gasteiger partial charge < -0.3 is 15.0 Å². The fourth-order valence-corrected chi connectivity index (χ4v) is 1.86. The van der Waals surface area contributed by atoms with Crippen LogP contribution >= 0.6 is 0 Å². The summed E-state index contributed by atoms with van der Waals surface area (Å²) in [5, 5.41) is 8.09. The first-order chi connectivity index (χ1) is 9.13. The average molecular weight is 260 g/mol. The van der Waals surface area contributed by atoms with Gasteiger partial charge in [-0.05, 0) is 19.4 Å². The van der Waals surface area contributed by atoms with Crippen LogP contribution in [0, 0.1) is 6.92 Å². The van der Waals surface area contributed by atoms with Gasteiger partial charge in [0.15, 0.2) is 5.82 Å². The van der Waals surface area contributed by atoms with Crippen molar-refractivity contribution in [3.05, 3.63) is 41.5 Å². The SMILES string of the molecule is CC[C@H](N)c1ccccc1OCc1nnc(C)n1C. The second kappa shape index (κ2) is 5.84. The van der Waals surface area contributed by atoms with Gasteiger partial charge >= 0.3 is 0 Å². The Morgan fingerprint density at radius 3 is 2.68 bits per heavy atom. The van der Waals surface area contributed by atoms with Crippen LogP contribution in [0.15, 0.2) is 24.3 Å². The first kappa shape index (κ1) is 13.5. The lowest BCUT2D eigenvalue weighted by Gasteiger charge is -2.15. The molecule has 0 saturated heterocycles. The lowest BCUT2D eigenvalue weighted by molar-refractivity contribution is 0.286. The van der Waals surface area contributed by atoms with Crippen molar-refractivity contribution < 1.29 is 4.74 Å². The van der Waals surface area contributed by atoms with Crippen molar-refractivity contribution in [2.45, 2.75) is 32.9 Å². The Hall–Kier alpha value is -1.88. The van der Waals surface area contributed by atoms with Crippen LogP contribution in [0.1, 0.15) is 36.6 Å². The van der Waals surface area contributed by atoms with Crippen LogP contribution < -0.4 is 10.5 Å². The molecule has 0 aliphatic heterocycles. The molecular formula is C14H20N4O. The van der Waals surface area contributed by atoms with Gasteiger partial charge in [0.05, 0.1) is 0 Å². The molecule has 1 atom stereocenters. The smallest absolute Gasteiger partial charge is 0.170 e. The molecule has 19 heavy (non-hydrogen) atoms. The molecule has 0 aliphatic carbocycles. The highest BCUT2D eigenvalue weighted by Crippen LogP contribution is 2.25. The van der Waals surface area contributed by atoms with Crippen LogP contribution in [-0.4, -0.2) is 14.8 Å². The Morgan fingerprint density at radius 1 is 1.32 bits per heavy atom. The Labute approximate surface area is 113 Å². The molecule has 0 unspecified atom stereocenters. The van der Waals surface area contributed by atoms with Crippen molar-refractivity contribution in [2.24, 2.45) is 12.8 Å². The molecule has 0 fully saturated rings. The number of rotatable bonds is 5. The van der Waals surface area contributed by atoms with Gasteiger partial charge in [-0.2, -0.15) is 0 Å². The Kier molecular flexibility index (Phi) is 4.16. The maximum absolute atomic E-state index is 6.08. The van der Waals surface area contributed by atoms with E-state index in [0.29, 0.717) is 6.61 Å². The third-order valence-corrected chi connectivity index (χ3v) is 3.30. The normalized spacial score (nSPS) is 12.4. The third kappa shape index (κ3) is 2.93. The van der Waals surface area contributed by atoms with Crippen LogP contribution in [0.2, 0.25) is 0 Å². The van der Waals surface area contributed by atoms with Crippen LogP contribution in [0.3, 0.4) is 0 Å². The predicted octanol–water partition coefficient (Wildman–Crippen LogP) is 2.11. The fraction of sp³-hybridized carbons (Fsp3) is 0.429. The molecule has 102 valence electrons. The maximum Gasteiger partial charge on any atom is 0.170 e. The number of nitrogens with zero attached hydrogens (tertiary/aromatic N) is 3. The summed E-state index contributed by atoms with van der Waals surface area (Å²) in [5.74, 6) is 2.49. The molecular weight excluding hydrogens is 240 g/mol. The lowest BCUT2D eigenvalue weighted by atomic mass is 10.0. The van der Waals surface area contributed by atoms with E-state index in [0.717, 1.165) is 29.4 Å². The molecule has 2 N–H and O–H groups in total. The molecule has 0 saturated carbocycles. The maximum atomic E-state index is 6.08. The molecule has 0 aliphatic rings. The van der Waals surface area contributed by atoms with Crippen molar-refractivity contribution in [1.29, 1.82) is 0 Å². The zero-order chi connectivity index (χ0) is 13.8. The summed E-state index contributed by atoms with van der Waals surface area (Å²) in [6.45, 7) is 4.37. The highest BCUT2D eigenvalue weighted by Gasteiger charge is 2.11. The lowest BCUT2D eigenvalue weighted by Crippen LogP contribution is -2.11. The van der Waals surface area contributed by atoms with Crippen molar-refractivity contribution in [3.8, 4) is 5.75 Å². The van der Waals surface area contributed by atoms with Crippen LogP contribution in [0.4, 0.5) is 0 Å². The van der Waals surface area contributed by atoms with Crippen molar-refractivity contribution in [3.63, 3.8) is 0 Å². The van der Waals surface area contributed by atoms with E-state index < -0.39 is 0 Å². The highest BCUT2D eigenvalue weighted by molar-refractivity contribution is 5.35. The van der Waals surface area contributed by atoms with Crippen molar-refractivity contribution in [1.82, 2.24) is 14.8 Å². The summed E-state index contributed by atoms with van der Waals surface area (Å²) < 4.78 is 7.76. The summed E-state index contributed by atoms with van der Waals surface area (Å²) in [6.07, 6.45) is 0.878. The van der Waals surface area contributed by atoms with Gasteiger partial charge in [-0.3, -0.25) is 0 Å². The number of hydrogen-bond acceptors (Lipinski definition) is 4. The van der Waals surface area contributed by atoms with E-state index in [1.807, 2.05) is 42.8 Å². The molecule has 2 rings (SSSR count). The average Bonchev–Trinajstić information content (AvgIpc) is 2.76. The summed E-state index contributed by atoms with van der Waals surface area (Å²) in [7, 11) is 1.93. The van der Waals surface area contributed by atoms with E-state index in [2.05, 4.69) is 17.1 Å². The van der Waals surface area contributed by atoms with E-state index >= 15 is 0 Å². The van der Waals surface area contributed by atoms with Gasteiger partial charge in [0.25, 0.3) is 0 Å². The molecule has 0 spiro atoms. The first-order valence-corrected chi connectivity index (χ1v) is 6.45. The van der Waals surface area contributed by atoms with Crippen molar-refractivity contribution in [2.75, 3.05) is 0 Å². The number of para-hydroxylation sites is 1. The first-order valence-electron chi connectivity index (χ1n) is 6.45. The zero-order valence-corrected chi connectivity index (χ0v) is 11.6. The minimum Gasteiger partial charge on any atom is -0.485 e. The number of ether oxygens (including phenoxy) is 1. The predicted molar refractivity (Wildman–Crippen MR) is 73.7 cm³/mol. The van der Waals surface area contributed by atoms with Gasteiger partial charge in [-0.1, -0.05) is 25.1 Å². The second-order valence-electron chi connectivity index (χ2n) is 4.56. The van der Waals surface area contributed by atoms with E-state index in [1.54, 1.807) is 0 Å². The molecule has 5 heteroatoms. The molecule has 0 bridgehead atoms. The third-order valence-electron chi connectivity index (χ3n) is 3.30. The van der Waals surface area contributed by atoms with Gasteiger partial charge in [0.1, 0.15) is 18.2 Å². The topological polar surface area (TPSA) is 66.0 Å². The highest BCUT2D eigenvalue weighted by atomic mass is 16.5. The molecule has 1 heterocycles. The van der Waals surface area contributed by atoms with E-state index in [4.69, 9.17) is 10.5 Å². The van der Waals surface area contributed by atoms with Gasteiger partial charge in [0.2, 0.25) is 0 Å². The second-order valence-corrected chi connectivity index (χ2v) is 4.56. The summed E-state index contributed by atoms with van der Waals surface area (Å²) in [6, 6.07) is 7.87. The number of aromatic nitrogens is 3. The van der Waals surface area contributed by atoms with Gasteiger partial charge in [-0.25, -0.2) is 0 Å². The van der Waals surface area contributed by atoms with Crippen LogP contribution in [0.5, 0.6) is 5.75 Å². The van der Waals surface area contributed by atoms with E-state index in [9.17, 15) is 0 Å².